The number of hydrogen-bond acceptors (Lipinski definition) is 6. The molecule has 2 rings (SSSR count). The minimum absolute atomic E-state index is 0.221. The number of nitrogens with zero attached hydrogens (tertiary/aromatic N) is 2. The van der Waals surface area contributed by atoms with E-state index in [1.54, 1.807) is 0 Å². The van der Waals surface area contributed by atoms with Crippen molar-refractivity contribution < 1.29 is 18.9 Å². The molecule has 0 fully saturated rings. The number of amides is 1. The van der Waals surface area contributed by atoms with Crippen LogP contribution in [0.4, 0.5) is 0 Å². The van der Waals surface area contributed by atoms with E-state index < -0.39 is 0 Å². The van der Waals surface area contributed by atoms with Gasteiger partial charge in [-0.05, 0) is 31.2 Å². The summed E-state index contributed by atoms with van der Waals surface area (Å²) in [4.78, 5) is 20.0. The number of aryl methyl sites for hydroxylation is 1. The predicted octanol–water partition coefficient (Wildman–Crippen LogP) is 1.75. The van der Waals surface area contributed by atoms with Gasteiger partial charge in [-0.25, -0.2) is 5.48 Å². The molecular weight excluding hydrogens is 274 g/mol. The van der Waals surface area contributed by atoms with Gasteiger partial charge < -0.3 is 9.26 Å². The van der Waals surface area contributed by atoms with Gasteiger partial charge in [0, 0.05) is 18.4 Å². The zero-order valence-electron chi connectivity index (χ0n) is 12.0. The summed E-state index contributed by atoms with van der Waals surface area (Å²) in [5, 5.41) is 3.90. The fourth-order valence-electron chi connectivity index (χ4n) is 1.73. The SMILES string of the molecule is CCOc1ccc(-c2noc(CCC(=O)NOC)n2)cc1. The number of benzene rings is 1. The van der Waals surface area contributed by atoms with Crippen molar-refractivity contribution in [2.75, 3.05) is 13.7 Å². The summed E-state index contributed by atoms with van der Waals surface area (Å²) < 4.78 is 10.5. The lowest BCUT2D eigenvalue weighted by atomic mass is 10.2. The van der Waals surface area contributed by atoms with Crippen LogP contribution < -0.4 is 10.2 Å². The predicted molar refractivity (Wildman–Crippen MR) is 74.4 cm³/mol. The minimum atomic E-state index is -0.238. The number of carbonyl (C=O) groups excluding carboxylic acids is 1. The first-order valence-corrected chi connectivity index (χ1v) is 6.60. The maximum atomic E-state index is 11.3. The van der Waals surface area contributed by atoms with Gasteiger partial charge in [0.05, 0.1) is 13.7 Å². The summed E-state index contributed by atoms with van der Waals surface area (Å²) >= 11 is 0. The van der Waals surface area contributed by atoms with E-state index in [-0.39, 0.29) is 12.3 Å². The second-order valence-electron chi connectivity index (χ2n) is 4.20. The van der Waals surface area contributed by atoms with Gasteiger partial charge in [-0.2, -0.15) is 4.98 Å². The first-order valence-electron chi connectivity index (χ1n) is 6.60. The van der Waals surface area contributed by atoms with Crippen molar-refractivity contribution in [3.05, 3.63) is 30.2 Å². The molecule has 2 aromatic rings. The molecule has 1 aromatic heterocycles. The van der Waals surface area contributed by atoms with Crippen molar-refractivity contribution in [2.24, 2.45) is 0 Å². The number of hydrogen-bond donors (Lipinski definition) is 1. The zero-order chi connectivity index (χ0) is 15.1. The van der Waals surface area contributed by atoms with Gasteiger partial charge in [0.1, 0.15) is 5.75 Å². The Balaban J connectivity index is 1.97. The van der Waals surface area contributed by atoms with Crippen LogP contribution in [-0.2, 0) is 16.1 Å². The number of rotatable bonds is 7. The van der Waals surface area contributed by atoms with E-state index in [9.17, 15) is 4.79 Å². The number of aromatic nitrogens is 2. The summed E-state index contributed by atoms with van der Waals surface area (Å²) in [5.41, 5.74) is 3.06. The zero-order valence-corrected chi connectivity index (χ0v) is 12.0. The van der Waals surface area contributed by atoms with Crippen molar-refractivity contribution in [3.63, 3.8) is 0 Å². The second kappa shape index (κ2) is 7.39. The quantitative estimate of drug-likeness (QED) is 0.782. The Morgan fingerprint density at radius 3 is 2.76 bits per heavy atom. The number of ether oxygens (including phenoxy) is 1. The molecule has 0 spiro atoms. The van der Waals surface area contributed by atoms with Gasteiger partial charge in [-0.3, -0.25) is 9.63 Å². The van der Waals surface area contributed by atoms with E-state index in [0.717, 1.165) is 11.3 Å². The molecule has 0 atom stereocenters. The highest BCUT2D eigenvalue weighted by atomic mass is 16.6. The normalized spacial score (nSPS) is 10.4. The third-order valence-electron chi connectivity index (χ3n) is 2.67. The molecule has 0 aliphatic rings. The van der Waals surface area contributed by atoms with Crippen molar-refractivity contribution >= 4 is 5.91 Å². The van der Waals surface area contributed by atoms with Crippen LogP contribution in [0.2, 0.25) is 0 Å². The maximum Gasteiger partial charge on any atom is 0.244 e. The molecule has 1 amide bonds. The number of hydroxylamine groups is 1. The summed E-state index contributed by atoms with van der Waals surface area (Å²) in [6, 6.07) is 7.41. The van der Waals surface area contributed by atoms with E-state index >= 15 is 0 Å². The monoisotopic (exact) mass is 291 g/mol. The molecule has 1 aromatic carbocycles. The molecule has 21 heavy (non-hydrogen) atoms. The Hall–Kier alpha value is -2.41. The van der Waals surface area contributed by atoms with E-state index in [2.05, 4.69) is 20.5 Å². The van der Waals surface area contributed by atoms with Gasteiger partial charge in [-0.15, -0.1) is 0 Å². The van der Waals surface area contributed by atoms with Crippen molar-refractivity contribution in [2.45, 2.75) is 19.8 Å². The van der Waals surface area contributed by atoms with Gasteiger partial charge >= 0.3 is 0 Å². The summed E-state index contributed by atoms with van der Waals surface area (Å²) in [6.07, 6.45) is 0.581. The van der Waals surface area contributed by atoms with Crippen LogP contribution >= 0.6 is 0 Å². The Morgan fingerprint density at radius 2 is 2.10 bits per heavy atom. The van der Waals surface area contributed by atoms with Crippen LogP contribution in [0, 0.1) is 0 Å². The average Bonchev–Trinajstić information content (AvgIpc) is 2.95. The minimum Gasteiger partial charge on any atom is -0.494 e. The highest BCUT2D eigenvalue weighted by Crippen LogP contribution is 2.20. The van der Waals surface area contributed by atoms with E-state index in [0.29, 0.717) is 24.7 Å². The van der Waals surface area contributed by atoms with Crippen LogP contribution in [0.15, 0.2) is 28.8 Å². The lowest BCUT2D eigenvalue weighted by molar-refractivity contribution is -0.131. The molecule has 0 aliphatic carbocycles. The highest BCUT2D eigenvalue weighted by molar-refractivity contribution is 5.74. The lowest BCUT2D eigenvalue weighted by Crippen LogP contribution is -2.21. The molecule has 0 saturated heterocycles. The molecule has 1 heterocycles. The summed E-state index contributed by atoms with van der Waals surface area (Å²) in [6.45, 7) is 2.55. The molecule has 0 radical (unpaired) electrons. The largest absolute Gasteiger partial charge is 0.494 e. The molecule has 0 aliphatic heterocycles. The molecular formula is C14H17N3O4. The molecule has 0 bridgehead atoms. The lowest BCUT2D eigenvalue weighted by Gasteiger charge is -2.02. The molecule has 1 N–H and O–H groups in total. The van der Waals surface area contributed by atoms with Crippen molar-refractivity contribution in [1.82, 2.24) is 15.6 Å². The van der Waals surface area contributed by atoms with Crippen LogP contribution in [0.5, 0.6) is 5.75 Å². The van der Waals surface area contributed by atoms with Crippen LogP contribution in [0.3, 0.4) is 0 Å². The first kappa shape index (κ1) is 15.0. The highest BCUT2D eigenvalue weighted by Gasteiger charge is 2.10. The Bertz CT molecular complexity index is 580. The smallest absolute Gasteiger partial charge is 0.244 e. The van der Waals surface area contributed by atoms with Crippen LogP contribution in [0.1, 0.15) is 19.2 Å². The Morgan fingerprint density at radius 1 is 1.33 bits per heavy atom. The fraction of sp³-hybridized carbons (Fsp3) is 0.357. The number of nitrogens with one attached hydrogen (secondary N) is 1. The first-order chi connectivity index (χ1) is 10.2. The second-order valence-corrected chi connectivity index (χ2v) is 4.20. The van der Waals surface area contributed by atoms with Crippen molar-refractivity contribution in [1.29, 1.82) is 0 Å². The third kappa shape index (κ3) is 4.28. The van der Waals surface area contributed by atoms with Crippen LogP contribution in [-0.4, -0.2) is 29.8 Å². The average molecular weight is 291 g/mol. The number of carbonyl (C=O) groups is 1. The molecule has 7 nitrogen and oxygen atoms in total. The van der Waals surface area contributed by atoms with E-state index in [4.69, 9.17) is 9.26 Å². The Kier molecular flexibility index (Phi) is 5.28. The maximum absolute atomic E-state index is 11.3. The third-order valence-corrected chi connectivity index (χ3v) is 2.67. The van der Waals surface area contributed by atoms with E-state index in [1.807, 2.05) is 31.2 Å². The standard InChI is InChI=1S/C14H17N3O4/c1-3-20-11-6-4-10(5-7-11)14-15-13(21-17-14)9-8-12(18)16-19-2/h4-7H,3,8-9H2,1-2H3,(H,16,18). The summed E-state index contributed by atoms with van der Waals surface area (Å²) in [5.74, 6) is 1.45. The molecule has 7 heteroatoms. The Labute approximate surface area is 122 Å². The van der Waals surface area contributed by atoms with Crippen LogP contribution in [0.25, 0.3) is 11.4 Å². The van der Waals surface area contributed by atoms with Gasteiger partial charge in [0.25, 0.3) is 0 Å². The van der Waals surface area contributed by atoms with Gasteiger partial charge in [-0.1, -0.05) is 5.16 Å². The summed E-state index contributed by atoms with van der Waals surface area (Å²) in [7, 11) is 1.38. The van der Waals surface area contributed by atoms with Crippen molar-refractivity contribution in [3.8, 4) is 17.1 Å². The molecule has 0 saturated carbocycles. The molecule has 0 unspecified atom stereocenters. The van der Waals surface area contributed by atoms with E-state index in [1.165, 1.54) is 7.11 Å². The molecule has 112 valence electrons. The fourth-order valence-corrected chi connectivity index (χ4v) is 1.73. The van der Waals surface area contributed by atoms with Gasteiger partial charge in [0.15, 0.2) is 0 Å². The van der Waals surface area contributed by atoms with Gasteiger partial charge in [0.2, 0.25) is 17.6 Å². The topological polar surface area (TPSA) is 86.5 Å².